The predicted octanol–water partition coefficient (Wildman–Crippen LogP) is 4.80. The van der Waals surface area contributed by atoms with Crippen LogP contribution < -0.4 is 20.1 Å². The fourth-order valence-corrected chi connectivity index (χ4v) is 2.99. The molecule has 0 heterocycles. The van der Waals surface area contributed by atoms with Gasteiger partial charge in [-0.25, -0.2) is 0 Å². The monoisotopic (exact) mass is 376 g/mol. The van der Waals surface area contributed by atoms with Gasteiger partial charge in [0.1, 0.15) is 17.5 Å². The number of nitrogens with one attached hydrogen (secondary N) is 2. The first-order chi connectivity index (χ1) is 13.6. The highest BCUT2D eigenvalue weighted by molar-refractivity contribution is 5.98. The summed E-state index contributed by atoms with van der Waals surface area (Å²) in [5, 5.41) is 6.30. The van der Waals surface area contributed by atoms with Crippen molar-refractivity contribution in [3.8, 4) is 11.5 Å². The van der Waals surface area contributed by atoms with E-state index in [0.29, 0.717) is 17.2 Å². The second-order valence-electron chi connectivity index (χ2n) is 6.38. The number of benzene rings is 3. The first kappa shape index (κ1) is 19.3. The topological polar surface area (TPSA) is 59.6 Å². The van der Waals surface area contributed by atoms with Gasteiger partial charge in [0.05, 0.1) is 25.6 Å². The van der Waals surface area contributed by atoms with Crippen LogP contribution in [0.15, 0.2) is 72.8 Å². The minimum absolute atomic E-state index is 0.194. The van der Waals surface area contributed by atoms with Crippen molar-refractivity contribution >= 4 is 17.3 Å². The lowest BCUT2D eigenvalue weighted by Gasteiger charge is -2.22. The van der Waals surface area contributed by atoms with Gasteiger partial charge in [-0.15, -0.1) is 0 Å². The van der Waals surface area contributed by atoms with E-state index in [1.54, 1.807) is 14.2 Å². The third-order valence-electron chi connectivity index (χ3n) is 4.41. The molecule has 28 heavy (non-hydrogen) atoms. The molecule has 0 saturated heterocycles. The normalized spacial score (nSPS) is 11.4. The molecule has 1 atom stereocenters. The van der Waals surface area contributed by atoms with Gasteiger partial charge in [-0.1, -0.05) is 48.5 Å². The number of methoxy groups -OCH3 is 2. The van der Waals surface area contributed by atoms with E-state index in [0.717, 1.165) is 16.8 Å². The largest absolute Gasteiger partial charge is 0.495 e. The van der Waals surface area contributed by atoms with Gasteiger partial charge in [-0.3, -0.25) is 4.79 Å². The van der Waals surface area contributed by atoms with Crippen LogP contribution in [0.3, 0.4) is 0 Å². The number of hydrogen-bond donors (Lipinski definition) is 2. The Morgan fingerprint density at radius 2 is 1.46 bits per heavy atom. The summed E-state index contributed by atoms with van der Waals surface area (Å²) in [5.74, 6) is 1.09. The third kappa shape index (κ3) is 4.43. The average molecular weight is 376 g/mol. The van der Waals surface area contributed by atoms with Crippen LogP contribution in [0.2, 0.25) is 0 Å². The lowest BCUT2D eigenvalue weighted by atomic mass is 10.0. The zero-order chi connectivity index (χ0) is 19.9. The van der Waals surface area contributed by atoms with Gasteiger partial charge in [-0.05, 0) is 42.3 Å². The molecule has 0 saturated carbocycles. The molecule has 5 heteroatoms. The fraction of sp³-hybridized carbons (Fsp3) is 0.174. The average Bonchev–Trinajstić information content (AvgIpc) is 2.73. The Bertz CT molecular complexity index is 942. The molecule has 0 aliphatic rings. The first-order valence-corrected chi connectivity index (χ1v) is 9.02. The molecule has 0 aromatic heterocycles. The number of amides is 1. The molecule has 144 valence electrons. The summed E-state index contributed by atoms with van der Waals surface area (Å²) in [4.78, 5) is 13.2. The van der Waals surface area contributed by atoms with Gasteiger partial charge in [-0.2, -0.15) is 0 Å². The molecule has 3 aromatic rings. The Morgan fingerprint density at radius 1 is 0.821 bits per heavy atom. The standard InChI is InChI=1S/C23H24N2O3/c1-16-13-14-21(28-3)19(15-16)25-23(26)22(17-9-5-4-6-10-17)24-18-11-7-8-12-20(18)27-2/h4-15,22,24H,1-3H3,(H,25,26)/t22-/m1/s1. The molecule has 2 N–H and O–H groups in total. The lowest BCUT2D eigenvalue weighted by Crippen LogP contribution is -2.27. The Balaban J connectivity index is 1.93. The summed E-state index contributed by atoms with van der Waals surface area (Å²) < 4.78 is 10.8. The van der Waals surface area contributed by atoms with Gasteiger partial charge in [0, 0.05) is 0 Å². The molecule has 1 amide bonds. The van der Waals surface area contributed by atoms with Crippen molar-refractivity contribution in [1.29, 1.82) is 0 Å². The molecule has 0 fully saturated rings. The first-order valence-electron chi connectivity index (χ1n) is 9.02. The van der Waals surface area contributed by atoms with Crippen LogP contribution in [0.4, 0.5) is 11.4 Å². The second-order valence-corrected chi connectivity index (χ2v) is 6.38. The number of ether oxygens (including phenoxy) is 2. The minimum atomic E-state index is -0.609. The van der Waals surface area contributed by atoms with Gasteiger partial charge >= 0.3 is 0 Å². The summed E-state index contributed by atoms with van der Waals surface area (Å²) in [6, 6.07) is 22.2. The lowest BCUT2D eigenvalue weighted by molar-refractivity contribution is -0.117. The van der Waals surface area contributed by atoms with Crippen molar-refractivity contribution < 1.29 is 14.3 Å². The van der Waals surface area contributed by atoms with E-state index >= 15 is 0 Å². The maximum atomic E-state index is 13.2. The van der Waals surface area contributed by atoms with E-state index in [1.807, 2.05) is 79.7 Å². The van der Waals surface area contributed by atoms with Crippen LogP contribution in [0.25, 0.3) is 0 Å². The van der Waals surface area contributed by atoms with Crippen LogP contribution in [0, 0.1) is 6.92 Å². The van der Waals surface area contributed by atoms with Crippen molar-refractivity contribution in [2.75, 3.05) is 24.9 Å². The second kappa shape index (κ2) is 8.95. The maximum Gasteiger partial charge on any atom is 0.251 e. The van der Waals surface area contributed by atoms with Crippen molar-refractivity contribution in [2.24, 2.45) is 0 Å². The van der Waals surface area contributed by atoms with Crippen LogP contribution in [0.5, 0.6) is 11.5 Å². The fourth-order valence-electron chi connectivity index (χ4n) is 2.99. The molecule has 3 aromatic carbocycles. The highest BCUT2D eigenvalue weighted by Gasteiger charge is 2.23. The molecular formula is C23H24N2O3. The van der Waals surface area contributed by atoms with E-state index in [4.69, 9.17) is 9.47 Å². The van der Waals surface area contributed by atoms with Crippen molar-refractivity contribution in [2.45, 2.75) is 13.0 Å². The smallest absolute Gasteiger partial charge is 0.251 e. The highest BCUT2D eigenvalue weighted by Crippen LogP contribution is 2.30. The van der Waals surface area contributed by atoms with Gasteiger partial charge in [0.15, 0.2) is 0 Å². The van der Waals surface area contributed by atoms with Crippen LogP contribution >= 0.6 is 0 Å². The number of aryl methyl sites for hydroxylation is 1. The van der Waals surface area contributed by atoms with E-state index < -0.39 is 6.04 Å². The minimum Gasteiger partial charge on any atom is -0.495 e. The summed E-state index contributed by atoms with van der Waals surface area (Å²) in [6.45, 7) is 1.97. The van der Waals surface area contributed by atoms with Gasteiger partial charge < -0.3 is 20.1 Å². The van der Waals surface area contributed by atoms with Crippen molar-refractivity contribution in [3.05, 3.63) is 83.9 Å². The zero-order valence-corrected chi connectivity index (χ0v) is 16.2. The summed E-state index contributed by atoms with van der Waals surface area (Å²) in [5.41, 5.74) is 3.25. The number of anilines is 2. The number of rotatable bonds is 7. The third-order valence-corrected chi connectivity index (χ3v) is 4.41. The SMILES string of the molecule is COc1ccc(C)cc1NC(=O)[C@H](Nc1ccccc1OC)c1ccccc1. The van der Waals surface area contributed by atoms with Crippen LogP contribution in [-0.2, 0) is 4.79 Å². The Labute approximate surface area is 165 Å². The predicted molar refractivity (Wildman–Crippen MR) is 112 cm³/mol. The summed E-state index contributed by atoms with van der Waals surface area (Å²) in [7, 11) is 3.19. The molecule has 0 radical (unpaired) electrons. The van der Waals surface area contributed by atoms with E-state index in [-0.39, 0.29) is 5.91 Å². The summed E-state index contributed by atoms with van der Waals surface area (Å²) in [6.07, 6.45) is 0. The quantitative estimate of drug-likeness (QED) is 0.622. The molecular weight excluding hydrogens is 352 g/mol. The molecule has 3 rings (SSSR count). The van der Waals surface area contributed by atoms with E-state index in [9.17, 15) is 4.79 Å². The Morgan fingerprint density at radius 3 is 2.18 bits per heavy atom. The van der Waals surface area contributed by atoms with Crippen molar-refractivity contribution in [3.63, 3.8) is 0 Å². The van der Waals surface area contributed by atoms with Crippen LogP contribution in [0.1, 0.15) is 17.2 Å². The molecule has 0 spiro atoms. The maximum absolute atomic E-state index is 13.2. The number of para-hydroxylation sites is 2. The Kier molecular flexibility index (Phi) is 6.17. The summed E-state index contributed by atoms with van der Waals surface area (Å²) >= 11 is 0. The molecule has 0 aliphatic heterocycles. The number of hydrogen-bond acceptors (Lipinski definition) is 4. The van der Waals surface area contributed by atoms with E-state index in [1.165, 1.54) is 0 Å². The Hall–Kier alpha value is -3.47. The van der Waals surface area contributed by atoms with Crippen LogP contribution in [-0.4, -0.2) is 20.1 Å². The van der Waals surface area contributed by atoms with E-state index in [2.05, 4.69) is 10.6 Å². The number of carbonyl (C=O) groups is 1. The molecule has 5 nitrogen and oxygen atoms in total. The molecule has 0 unspecified atom stereocenters. The van der Waals surface area contributed by atoms with Crippen molar-refractivity contribution in [1.82, 2.24) is 0 Å². The molecule has 0 aliphatic carbocycles. The number of carbonyl (C=O) groups excluding carboxylic acids is 1. The van der Waals surface area contributed by atoms with Gasteiger partial charge in [0.25, 0.3) is 5.91 Å². The zero-order valence-electron chi connectivity index (χ0n) is 16.2. The molecule has 0 bridgehead atoms. The highest BCUT2D eigenvalue weighted by atomic mass is 16.5. The van der Waals surface area contributed by atoms with Gasteiger partial charge in [0.2, 0.25) is 0 Å².